The lowest BCUT2D eigenvalue weighted by molar-refractivity contribution is 0.0333. The molecule has 1 fully saturated rings. The number of rotatable bonds is 3. The normalized spacial score (nSPS) is 21.6. The maximum atomic E-state index is 6.24. The van der Waals surface area contributed by atoms with Gasteiger partial charge in [-0.25, -0.2) is 4.98 Å². The first-order valence-electron chi connectivity index (χ1n) is 7.11. The number of nitrogen functional groups attached to an aromatic ring is 1. The molecule has 0 radical (unpaired) electrons. The first-order valence-corrected chi connectivity index (χ1v) is 7.11. The molecular weight excluding hydrogens is 247 g/mol. The van der Waals surface area contributed by atoms with Gasteiger partial charge in [0.1, 0.15) is 5.82 Å². The minimum atomic E-state index is -0.124. The van der Waals surface area contributed by atoms with Crippen molar-refractivity contribution in [3.8, 4) is 0 Å². The number of nitrogens with zero attached hydrogens (tertiary/aromatic N) is 1. The van der Waals surface area contributed by atoms with Gasteiger partial charge in [-0.2, -0.15) is 0 Å². The van der Waals surface area contributed by atoms with Gasteiger partial charge in [-0.05, 0) is 55.3 Å². The molecule has 1 saturated heterocycles. The quantitative estimate of drug-likeness (QED) is 0.852. The van der Waals surface area contributed by atoms with E-state index in [0.717, 1.165) is 29.5 Å². The van der Waals surface area contributed by atoms with Crippen molar-refractivity contribution in [3.05, 3.63) is 36.5 Å². The highest BCUT2D eigenvalue weighted by molar-refractivity contribution is 6.73. The molecule has 1 atom stereocenters. The Hall–Kier alpha value is -1.55. The Morgan fingerprint density at radius 3 is 2.85 bits per heavy atom. The van der Waals surface area contributed by atoms with Crippen LogP contribution in [0, 0.1) is 5.92 Å². The maximum absolute atomic E-state index is 6.24. The van der Waals surface area contributed by atoms with Crippen molar-refractivity contribution in [1.29, 1.82) is 0 Å². The number of anilines is 1. The number of hydrogen-bond donors (Lipinski definition) is 1. The van der Waals surface area contributed by atoms with Crippen LogP contribution in [-0.2, 0) is 4.65 Å². The second-order valence-electron chi connectivity index (χ2n) is 6.09. The second-order valence-corrected chi connectivity index (χ2v) is 6.09. The highest BCUT2D eigenvalue weighted by atomic mass is 16.5. The molecule has 2 heterocycles. The summed E-state index contributed by atoms with van der Waals surface area (Å²) < 4.78 is 6.24. The summed E-state index contributed by atoms with van der Waals surface area (Å²) in [7, 11) is 0. The fraction of sp³-hybridized carbons (Fsp3) is 0.438. The van der Waals surface area contributed by atoms with Crippen LogP contribution >= 0.6 is 0 Å². The van der Waals surface area contributed by atoms with Crippen molar-refractivity contribution in [1.82, 2.24) is 4.98 Å². The lowest BCUT2D eigenvalue weighted by Gasteiger charge is -2.41. The smallest absolute Gasteiger partial charge is 0.327 e. The van der Waals surface area contributed by atoms with Crippen LogP contribution in [0.2, 0.25) is 6.32 Å². The zero-order valence-corrected chi connectivity index (χ0v) is 12.6. The largest absolute Gasteiger partial charge is 0.426 e. The van der Waals surface area contributed by atoms with Gasteiger partial charge in [0.25, 0.3) is 0 Å². The van der Waals surface area contributed by atoms with Crippen LogP contribution < -0.4 is 5.73 Å². The van der Waals surface area contributed by atoms with E-state index < -0.39 is 0 Å². The lowest BCUT2D eigenvalue weighted by atomic mass is 9.51. The van der Waals surface area contributed by atoms with Gasteiger partial charge in [-0.15, -0.1) is 6.58 Å². The van der Waals surface area contributed by atoms with Gasteiger partial charge < -0.3 is 10.4 Å². The summed E-state index contributed by atoms with van der Waals surface area (Å²) in [5.41, 5.74) is 8.31. The fourth-order valence-corrected chi connectivity index (χ4v) is 2.63. The van der Waals surface area contributed by atoms with Crippen molar-refractivity contribution >= 4 is 24.3 Å². The van der Waals surface area contributed by atoms with Gasteiger partial charge in [0.2, 0.25) is 0 Å². The summed E-state index contributed by atoms with van der Waals surface area (Å²) in [5, 5.41) is 0. The van der Waals surface area contributed by atoms with Crippen LogP contribution in [0.5, 0.6) is 0 Å². The van der Waals surface area contributed by atoms with E-state index in [-0.39, 0.29) is 12.5 Å². The molecule has 3 nitrogen and oxygen atoms in total. The number of hydrogen-bond acceptors (Lipinski definition) is 3. The van der Waals surface area contributed by atoms with Gasteiger partial charge >= 0.3 is 6.92 Å². The number of nitrogens with two attached hydrogens (primary N) is 1. The van der Waals surface area contributed by atoms with Gasteiger partial charge in [-0.3, -0.25) is 0 Å². The van der Waals surface area contributed by atoms with Gasteiger partial charge in [-0.1, -0.05) is 19.9 Å². The summed E-state index contributed by atoms with van der Waals surface area (Å²) in [6.45, 7) is 14.6. The molecule has 1 aromatic heterocycles. The topological polar surface area (TPSA) is 48.1 Å². The minimum absolute atomic E-state index is 0.0327. The molecule has 4 heteroatoms. The number of aromatic nitrogens is 1. The van der Waals surface area contributed by atoms with Crippen LogP contribution in [0.1, 0.15) is 38.4 Å². The van der Waals surface area contributed by atoms with Crippen molar-refractivity contribution in [2.45, 2.75) is 39.1 Å². The van der Waals surface area contributed by atoms with E-state index in [0.29, 0.717) is 11.7 Å². The third kappa shape index (κ3) is 2.80. The maximum Gasteiger partial charge on any atom is 0.327 e. The molecule has 1 unspecified atom stereocenters. The van der Waals surface area contributed by atoms with Crippen LogP contribution in [0.3, 0.4) is 0 Å². The summed E-state index contributed by atoms with van der Waals surface area (Å²) in [6, 6.07) is 3.75. The Balaban J connectivity index is 2.26. The van der Waals surface area contributed by atoms with E-state index in [9.17, 15) is 0 Å². The van der Waals surface area contributed by atoms with Crippen LogP contribution in [-0.4, -0.2) is 17.5 Å². The van der Waals surface area contributed by atoms with Crippen molar-refractivity contribution in [2.75, 3.05) is 5.73 Å². The average molecular weight is 270 g/mol. The Bertz CT molecular complexity index is 539. The Kier molecular flexibility index (Phi) is 4.05. The molecule has 0 saturated carbocycles. The molecule has 0 aliphatic carbocycles. The van der Waals surface area contributed by atoms with Crippen molar-refractivity contribution < 1.29 is 4.65 Å². The molecule has 1 aromatic rings. The van der Waals surface area contributed by atoms with Gasteiger partial charge in [0.15, 0.2) is 0 Å². The average Bonchev–Trinajstić information content (AvgIpc) is 2.40. The zero-order chi connectivity index (χ0) is 14.9. The molecule has 0 spiro atoms. The summed E-state index contributed by atoms with van der Waals surface area (Å²) in [5.74, 6) is 1.05. The van der Waals surface area contributed by atoms with Gasteiger partial charge in [0.05, 0.1) is 5.69 Å². The summed E-state index contributed by atoms with van der Waals surface area (Å²) >= 11 is 0. The van der Waals surface area contributed by atoms with Crippen LogP contribution in [0.4, 0.5) is 5.82 Å². The highest BCUT2D eigenvalue weighted by Crippen LogP contribution is 2.37. The predicted molar refractivity (Wildman–Crippen MR) is 87.3 cm³/mol. The van der Waals surface area contributed by atoms with Gasteiger partial charge in [0, 0.05) is 5.60 Å². The molecule has 0 aromatic carbocycles. The molecular formula is C16H23BN2O. The predicted octanol–water partition coefficient (Wildman–Crippen LogP) is 3.69. The van der Waals surface area contributed by atoms with Crippen molar-refractivity contribution in [3.63, 3.8) is 0 Å². The fourth-order valence-electron chi connectivity index (χ4n) is 2.63. The summed E-state index contributed by atoms with van der Waals surface area (Å²) in [6.07, 6.45) is 3.85. The van der Waals surface area contributed by atoms with E-state index in [4.69, 9.17) is 10.4 Å². The molecule has 0 bridgehead atoms. The first kappa shape index (κ1) is 14.9. The lowest BCUT2D eigenvalue weighted by Crippen LogP contribution is -2.44. The third-order valence-corrected chi connectivity index (χ3v) is 4.37. The van der Waals surface area contributed by atoms with E-state index >= 15 is 0 Å². The van der Waals surface area contributed by atoms with Crippen LogP contribution in [0.15, 0.2) is 25.3 Å². The minimum Gasteiger partial charge on any atom is -0.426 e. The molecule has 1 aliphatic heterocycles. The second kappa shape index (κ2) is 5.45. The SMILES string of the molecule is C=Cc1nc(N)ccc1C(=C)B1CCC(C)C(C)(C)O1. The first-order chi connectivity index (χ1) is 9.35. The molecule has 1 aliphatic rings. The highest BCUT2D eigenvalue weighted by Gasteiger charge is 2.38. The molecule has 2 rings (SSSR count). The zero-order valence-electron chi connectivity index (χ0n) is 12.6. The molecule has 106 valence electrons. The Morgan fingerprint density at radius 2 is 2.25 bits per heavy atom. The Labute approximate surface area is 122 Å². The molecule has 2 N–H and O–H groups in total. The summed E-state index contributed by atoms with van der Waals surface area (Å²) in [4.78, 5) is 4.30. The third-order valence-electron chi connectivity index (χ3n) is 4.37. The standard InChI is InChI=1S/C16H23BN2O/c1-6-14-13(7-8-15(18)19-14)12(3)17-10-9-11(2)16(4,5)20-17/h6-8,11H,1,3,9-10H2,2,4-5H3,(H2,18,19). The van der Waals surface area contributed by atoms with E-state index in [1.807, 2.05) is 6.07 Å². The van der Waals surface area contributed by atoms with E-state index in [1.54, 1.807) is 12.1 Å². The van der Waals surface area contributed by atoms with E-state index in [2.05, 4.69) is 38.9 Å². The molecule has 0 amide bonds. The molecule has 20 heavy (non-hydrogen) atoms. The monoisotopic (exact) mass is 270 g/mol. The number of pyridine rings is 1. The van der Waals surface area contributed by atoms with Crippen LogP contribution in [0.25, 0.3) is 11.5 Å². The Morgan fingerprint density at radius 1 is 1.55 bits per heavy atom. The van der Waals surface area contributed by atoms with Crippen molar-refractivity contribution in [2.24, 2.45) is 5.92 Å². The van der Waals surface area contributed by atoms with E-state index in [1.165, 1.54) is 0 Å².